The number of nitrogens with two attached hydrogens (primary N) is 1. The fourth-order valence-electron chi connectivity index (χ4n) is 1.05. The van der Waals surface area contributed by atoms with Gasteiger partial charge < -0.3 is 11.1 Å². The Morgan fingerprint density at radius 1 is 1.40 bits per heavy atom. The van der Waals surface area contributed by atoms with Crippen LogP contribution >= 0.6 is 35.0 Å². The molecule has 1 aromatic carbocycles. The minimum absolute atomic E-state index is 0.484. The van der Waals surface area contributed by atoms with Gasteiger partial charge in [0.2, 0.25) is 0 Å². The summed E-state index contributed by atoms with van der Waals surface area (Å²) >= 11 is 13.5. The van der Waals surface area contributed by atoms with Gasteiger partial charge in [-0.2, -0.15) is 11.8 Å². The van der Waals surface area contributed by atoms with E-state index in [0.29, 0.717) is 21.0 Å². The lowest BCUT2D eigenvalue weighted by atomic mass is 10.2. The monoisotopic (exact) mass is 264 g/mol. The van der Waals surface area contributed by atoms with Gasteiger partial charge in [0.1, 0.15) is 0 Å². The standard InChI is InChI=1S/C10H14Cl2N2S/c1-6(15-2)5-14-10-4-8(12)7(11)3-9(10)13/h3-4,6,14H,5,13H2,1-2H3. The molecular weight excluding hydrogens is 251 g/mol. The molecule has 84 valence electrons. The van der Waals surface area contributed by atoms with Gasteiger partial charge >= 0.3 is 0 Å². The first-order chi connectivity index (χ1) is 7.04. The Hall–Kier alpha value is -0.250. The molecule has 0 amide bonds. The fraction of sp³-hybridized carbons (Fsp3) is 0.400. The molecule has 0 spiro atoms. The molecule has 0 aliphatic heterocycles. The molecule has 5 heteroatoms. The van der Waals surface area contributed by atoms with Gasteiger partial charge in [-0.1, -0.05) is 30.1 Å². The number of hydrogen-bond donors (Lipinski definition) is 2. The molecule has 3 N–H and O–H groups in total. The molecule has 0 bridgehead atoms. The lowest BCUT2D eigenvalue weighted by Crippen LogP contribution is -2.13. The van der Waals surface area contributed by atoms with Crippen molar-refractivity contribution in [3.8, 4) is 0 Å². The summed E-state index contributed by atoms with van der Waals surface area (Å²) in [5.41, 5.74) is 7.27. The molecule has 2 nitrogen and oxygen atoms in total. The molecule has 0 fully saturated rings. The molecule has 1 atom stereocenters. The van der Waals surface area contributed by atoms with E-state index in [2.05, 4.69) is 18.5 Å². The van der Waals surface area contributed by atoms with Gasteiger partial charge in [0.15, 0.2) is 0 Å². The normalized spacial score (nSPS) is 12.5. The van der Waals surface area contributed by atoms with Crippen molar-refractivity contribution in [3.63, 3.8) is 0 Å². The van der Waals surface area contributed by atoms with Crippen molar-refractivity contribution in [3.05, 3.63) is 22.2 Å². The van der Waals surface area contributed by atoms with E-state index in [9.17, 15) is 0 Å². The molecule has 0 aromatic heterocycles. The van der Waals surface area contributed by atoms with Gasteiger partial charge in [-0.15, -0.1) is 0 Å². The van der Waals surface area contributed by atoms with E-state index in [1.54, 1.807) is 23.9 Å². The Labute approximate surface area is 105 Å². The fourth-order valence-corrected chi connectivity index (χ4v) is 1.64. The Morgan fingerprint density at radius 3 is 2.60 bits per heavy atom. The van der Waals surface area contributed by atoms with Crippen LogP contribution in [0.2, 0.25) is 10.0 Å². The summed E-state index contributed by atoms with van der Waals surface area (Å²) in [6, 6.07) is 3.42. The number of rotatable bonds is 4. The molecule has 0 saturated heterocycles. The zero-order valence-corrected chi connectivity index (χ0v) is 11.0. The van der Waals surface area contributed by atoms with Crippen LogP contribution in [-0.2, 0) is 0 Å². The van der Waals surface area contributed by atoms with Crippen LogP contribution in [0.4, 0.5) is 11.4 Å². The van der Waals surface area contributed by atoms with Crippen molar-refractivity contribution in [1.29, 1.82) is 0 Å². The maximum absolute atomic E-state index is 5.90. The summed E-state index contributed by atoms with van der Waals surface area (Å²) in [6.45, 7) is 2.99. The van der Waals surface area contributed by atoms with Gasteiger partial charge in [-0.3, -0.25) is 0 Å². The van der Waals surface area contributed by atoms with Crippen LogP contribution in [0.3, 0.4) is 0 Å². The van der Waals surface area contributed by atoms with E-state index in [4.69, 9.17) is 28.9 Å². The highest BCUT2D eigenvalue weighted by molar-refractivity contribution is 7.99. The molecule has 0 aliphatic rings. The number of nitrogen functional groups attached to an aromatic ring is 1. The SMILES string of the molecule is CSC(C)CNc1cc(Cl)c(Cl)cc1N. The van der Waals surface area contributed by atoms with Crippen LogP contribution in [0, 0.1) is 0 Å². The Morgan fingerprint density at radius 2 is 2.00 bits per heavy atom. The molecule has 15 heavy (non-hydrogen) atoms. The summed E-state index contributed by atoms with van der Waals surface area (Å²) in [6.07, 6.45) is 2.07. The highest BCUT2D eigenvalue weighted by Crippen LogP contribution is 2.30. The van der Waals surface area contributed by atoms with Crippen LogP contribution < -0.4 is 11.1 Å². The van der Waals surface area contributed by atoms with E-state index in [1.165, 1.54) is 0 Å². The predicted molar refractivity (Wildman–Crippen MR) is 72.3 cm³/mol. The number of halogens is 2. The largest absolute Gasteiger partial charge is 0.397 e. The first-order valence-corrected chi connectivity index (χ1v) is 6.60. The molecule has 0 radical (unpaired) electrons. The summed E-state index contributed by atoms with van der Waals surface area (Å²) < 4.78 is 0. The zero-order valence-electron chi connectivity index (χ0n) is 8.68. The number of benzene rings is 1. The van der Waals surface area contributed by atoms with E-state index in [-0.39, 0.29) is 0 Å². The van der Waals surface area contributed by atoms with Crippen molar-refractivity contribution in [1.82, 2.24) is 0 Å². The second-order valence-corrected chi connectivity index (χ2v) is 5.37. The van der Waals surface area contributed by atoms with Crippen molar-refractivity contribution in [2.24, 2.45) is 0 Å². The maximum Gasteiger partial charge on any atom is 0.0614 e. The van der Waals surface area contributed by atoms with Crippen LogP contribution in [0.1, 0.15) is 6.92 Å². The second kappa shape index (κ2) is 5.73. The quantitative estimate of drug-likeness (QED) is 0.814. The van der Waals surface area contributed by atoms with Gasteiger partial charge in [-0.25, -0.2) is 0 Å². The topological polar surface area (TPSA) is 38.0 Å². The third-order valence-electron chi connectivity index (χ3n) is 2.07. The minimum atomic E-state index is 0.484. The molecule has 0 aliphatic carbocycles. The second-order valence-electron chi connectivity index (χ2n) is 3.28. The number of thioether (sulfide) groups is 1. The smallest absolute Gasteiger partial charge is 0.0614 e. The van der Waals surface area contributed by atoms with Crippen LogP contribution in [0.15, 0.2) is 12.1 Å². The summed E-state index contributed by atoms with van der Waals surface area (Å²) in [7, 11) is 0. The molecule has 1 unspecified atom stereocenters. The van der Waals surface area contributed by atoms with Gasteiger partial charge in [0.25, 0.3) is 0 Å². The molecule has 0 heterocycles. The van der Waals surface area contributed by atoms with E-state index >= 15 is 0 Å². The molecule has 1 aromatic rings. The molecule has 1 rings (SSSR count). The Balaban J connectivity index is 2.73. The third kappa shape index (κ3) is 3.67. The summed E-state index contributed by atoms with van der Waals surface area (Å²) in [5.74, 6) is 0. The predicted octanol–water partition coefficient (Wildman–Crippen LogP) is 3.74. The Bertz CT molecular complexity index is 344. The first-order valence-electron chi connectivity index (χ1n) is 4.55. The third-order valence-corrected chi connectivity index (χ3v) is 3.77. The minimum Gasteiger partial charge on any atom is -0.397 e. The van der Waals surface area contributed by atoms with Crippen LogP contribution in [-0.4, -0.2) is 18.1 Å². The highest BCUT2D eigenvalue weighted by atomic mass is 35.5. The Kier molecular flexibility index (Phi) is 4.90. The average Bonchev–Trinajstić information content (AvgIpc) is 2.21. The van der Waals surface area contributed by atoms with E-state index in [0.717, 1.165) is 12.2 Å². The van der Waals surface area contributed by atoms with Gasteiger partial charge in [0, 0.05) is 11.8 Å². The van der Waals surface area contributed by atoms with E-state index in [1.807, 2.05) is 0 Å². The van der Waals surface area contributed by atoms with Crippen molar-refractivity contribution in [2.45, 2.75) is 12.2 Å². The van der Waals surface area contributed by atoms with Crippen molar-refractivity contribution < 1.29 is 0 Å². The van der Waals surface area contributed by atoms with Gasteiger partial charge in [0.05, 0.1) is 21.4 Å². The number of hydrogen-bond acceptors (Lipinski definition) is 3. The van der Waals surface area contributed by atoms with E-state index < -0.39 is 0 Å². The summed E-state index contributed by atoms with van der Waals surface area (Å²) in [4.78, 5) is 0. The average molecular weight is 265 g/mol. The van der Waals surface area contributed by atoms with Crippen LogP contribution in [0.5, 0.6) is 0 Å². The van der Waals surface area contributed by atoms with Crippen molar-refractivity contribution in [2.75, 3.05) is 23.9 Å². The maximum atomic E-state index is 5.90. The number of anilines is 2. The summed E-state index contributed by atoms with van der Waals surface area (Å²) in [5, 5.41) is 4.77. The number of nitrogens with one attached hydrogen (secondary N) is 1. The first kappa shape index (κ1) is 12.8. The van der Waals surface area contributed by atoms with Crippen molar-refractivity contribution >= 4 is 46.3 Å². The molecule has 0 saturated carbocycles. The van der Waals surface area contributed by atoms with Gasteiger partial charge in [-0.05, 0) is 18.4 Å². The molecular formula is C10H14Cl2N2S. The van der Waals surface area contributed by atoms with Crippen LogP contribution in [0.25, 0.3) is 0 Å². The lowest BCUT2D eigenvalue weighted by Gasteiger charge is -2.13. The lowest BCUT2D eigenvalue weighted by molar-refractivity contribution is 1.00. The zero-order chi connectivity index (χ0) is 11.4. The highest BCUT2D eigenvalue weighted by Gasteiger charge is 2.06.